The van der Waals surface area contributed by atoms with Crippen molar-refractivity contribution in [1.82, 2.24) is 10.7 Å². The standard InChI is InChI=1S/C5H13N3O/c1-5(9)7-3-2-4-8-6/h8H,2-4,6H2,1H3,(H,7,9). The zero-order chi connectivity index (χ0) is 7.11. The topological polar surface area (TPSA) is 67.2 Å². The third kappa shape index (κ3) is 7.39. The van der Waals surface area contributed by atoms with Crippen LogP contribution in [-0.4, -0.2) is 19.0 Å². The summed E-state index contributed by atoms with van der Waals surface area (Å²) in [6, 6.07) is 0. The van der Waals surface area contributed by atoms with Crippen molar-refractivity contribution >= 4 is 5.91 Å². The van der Waals surface area contributed by atoms with Crippen molar-refractivity contribution in [1.29, 1.82) is 0 Å². The molecule has 1 amide bonds. The normalized spacial score (nSPS) is 9.11. The number of carbonyl (C=O) groups excluding carboxylic acids is 1. The van der Waals surface area contributed by atoms with Gasteiger partial charge in [-0.2, -0.15) is 0 Å². The van der Waals surface area contributed by atoms with Gasteiger partial charge in [-0.05, 0) is 6.42 Å². The third-order valence-electron chi connectivity index (χ3n) is 0.872. The molecule has 0 heterocycles. The Morgan fingerprint density at radius 1 is 1.56 bits per heavy atom. The van der Waals surface area contributed by atoms with E-state index in [9.17, 15) is 4.79 Å². The average molecular weight is 131 g/mol. The minimum absolute atomic E-state index is 0.00650. The summed E-state index contributed by atoms with van der Waals surface area (Å²) >= 11 is 0. The molecule has 0 aliphatic rings. The average Bonchev–Trinajstić information content (AvgIpc) is 1.80. The summed E-state index contributed by atoms with van der Waals surface area (Å²) in [5.41, 5.74) is 2.49. The first-order valence-corrected chi connectivity index (χ1v) is 2.95. The summed E-state index contributed by atoms with van der Waals surface area (Å²) in [6.45, 7) is 2.93. The Kier molecular flexibility index (Phi) is 5.15. The maximum Gasteiger partial charge on any atom is 0.216 e. The summed E-state index contributed by atoms with van der Waals surface area (Å²) in [4.78, 5) is 10.2. The maximum absolute atomic E-state index is 10.2. The van der Waals surface area contributed by atoms with E-state index in [1.54, 1.807) is 0 Å². The van der Waals surface area contributed by atoms with E-state index in [1.165, 1.54) is 6.92 Å². The predicted octanol–water partition coefficient (Wildman–Crippen LogP) is -1.02. The van der Waals surface area contributed by atoms with Gasteiger partial charge in [0, 0.05) is 20.0 Å². The highest BCUT2D eigenvalue weighted by Gasteiger charge is 1.87. The van der Waals surface area contributed by atoms with Crippen molar-refractivity contribution in [3.05, 3.63) is 0 Å². The summed E-state index contributed by atoms with van der Waals surface area (Å²) in [7, 11) is 0. The Bertz CT molecular complexity index is 84.3. The minimum atomic E-state index is 0.00650. The van der Waals surface area contributed by atoms with Crippen LogP contribution in [0, 0.1) is 0 Å². The lowest BCUT2D eigenvalue weighted by Gasteiger charge is -1.99. The van der Waals surface area contributed by atoms with Crippen molar-refractivity contribution in [2.75, 3.05) is 13.1 Å². The Hall–Kier alpha value is -0.610. The molecule has 4 N–H and O–H groups in total. The number of hydrogen-bond donors (Lipinski definition) is 3. The Morgan fingerprint density at radius 2 is 2.22 bits per heavy atom. The molecule has 0 aromatic heterocycles. The van der Waals surface area contributed by atoms with E-state index in [0.29, 0.717) is 6.54 Å². The molecule has 0 saturated heterocycles. The van der Waals surface area contributed by atoms with Gasteiger partial charge in [0.2, 0.25) is 5.91 Å². The summed E-state index contributed by atoms with van der Waals surface area (Å²) < 4.78 is 0. The van der Waals surface area contributed by atoms with Crippen LogP contribution in [0.1, 0.15) is 13.3 Å². The van der Waals surface area contributed by atoms with Crippen LogP contribution in [0.5, 0.6) is 0 Å². The summed E-state index contributed by atoms with van der Waals surface area (Å²) in [6.07, 6.45) is 0.871. The highest BCUT2D eigenvalue weighted by Crippen LogP contribution is 1.69. The first-order chi connectivity index (χ1) is 4.27. The van der Waals surface area contributed by atoms with E-state index in [4.69, 9.17) is 5.84 Å². The highest BCUT2D eigenvalue weighted by atomic mass is 16.1. The Balaban J connectivity index is 2.83. The first kappa shape index (κ1) is 8.39. The molecule has 0 aliphatic heterocycles. The number of hydrogen-bond acceptors (Lipinski definition) is 3. The van der Waals surface area contributed by atoms with E-state index in [2.05, 4.69) is 10.7 Å². The van der Waals surface area contributed by atoms with E-state index < -0.39 is 0 Å². The van der Waals surface area contributed by atoms with E-state index in [1.807, 2.05) is 0 Å². The monoisotopic (exact) mass is 131 g/mol. The molecular formula is C5H13N3O. The molecular weight excluding hydrogens is 118 g/mol. The van der Waals surface area contributed by atoms with Crippen LogP contribution in [0.25, 0.3) is 0 Å². The van der Waals surface area contributed by atoms with Gasteiger partial charge in [0.05, 0.1) is 0 Å². The van der Waals surface area contributed by atoms with Crippen LogP contribution < -0.4 is 16.6 Å². The predicted molar refractivity (Wildman–Crippen MR) is 35.5 cm³/mol. The molecule has 9 heavy (non-hydrogen) atoms. The molecule has 0 atom stereocenters. The fraction of sp³-hybridized carbons (Fsp3) is 0.800. The largest absolute Gasteiger partial charge is 0.356 e. The molecule has 0 aromatic rings. The number of hydrazine groups is 1. The molecule has 4 nitrogen and oxygen atoms in total. The van der Waals surface area contributed by atoms with Crippen molar-refractivity contribution in [2.24, 2.45) is 5.84 Å². The number of amides is 1. The van der Waals surface area contributed by atoms with Crippen LogP contribution >= 0.6 is 0 Å². The third-order valence-corrected chi connectivity index (χ3v) is 0.872. The molecule has 4 heteroatoms. The molecule has 0 saturated carbocycles. The van der Waals surface area contributed by atoms with Gasteiger partial charge in [-0.15, -0.1) is 0 Å². The molecule has 0 radical (unpaired) electrons. The molecule has 0 bridgehead atoms. The molecule has 0 spiro atoms. The highest BCUT2D eigenvalue weighted by molar-refractivity contribution is 5.72. The van der Waals surface area contributed by atoms with E-state index in [-0.39, 0.29) is 5.91 Å². The molecule has 0 aromatic carbocycles. The lowest BCUT2D eigenvalue weighted by molar-refractivity contribution is -0.118. The van der Waals surface area contributed by atoms with Gasteiger partial charge in [-0.3, -0.25) is 16.1 Å². The quantitative estimate of drug-likeness (QED) is 0.260. The van der Waals surface area contributed by atoms with Gasteiger partial charge in [-0.25, -0.2) is 0 Å². The molecule has 0 rings (SSSR count). The van der Waals surface area contributed by atoms with Gasteiger partial charge < -0.3 is 5.32 Å². The second kappa shape index (κ2) is 5.53. The SMILES string of the molecule is CC(=O)NCCCNN. The number of nitrogens with one attached hydrogen (secondary N) is 2. The van der Waals surface area contributed by atoms with Crippen molar-refractivity contribution in [2.45, 2.75) is 13.3 Å². The van der Waals surface area contributed by atoms with Crippen molar-refractivity contribution < 1.29 is 4.79 Å². The fourth-order valence-electron chi connectivity index (χ4n) is 0.455. The summed E-state index contributed by atoms with van der Waals surface area (Å²) in [5, 5.41) is 2.65. The lowest BCUT2D eigenvalue weighted by Crippen LogP contribution is -2.28. The smallest absolute Gasteiger partial charge is 0.216 e. The second-order valence-corrected chi connectivity index (χ2v) is 1.79. The molecule has 0 unspecified atom stereocenters. The van der Waals surface area contributed by atoms with Crippen LogP contribution in [-0.2, 0) is 4.79 Å². The van der Waals surface area contributed by atoms with Gasteiger partial charge in [-0.1, -0.05) is 0 Å². The number of rotatable bonds is 4. The van der Waals surface area contributed by atoms with Gasteiger partial charge in [0.25, 0.3) is 0 Å². The van der Waals surface area contributed by atoms with Crippen LogP contribution in [0.3, 0.4) is 0 Å². The van der Waals surface area contributed by atoms with Gasteiger partial charge >= 0.3 is 0 Å². The Labute approximate surface area is 54.8 Å². The molecule has 0 aliphatic carbocycles. The first-order valence-electron chi connectivity index (χ1n) is 2.95. The van der Waals surface area contributed by atoms with Crippen molar-refractivity contribution in [3.8, 4) is 0 Å². The maximum atomic E-state index is 10.2. The van der Waals surface area contributed by atoms with Crippen LogP contribution in [0.2, 0.25) is 0 Å². The van der Waals surface area contributed by atoms with Crippen LogP contribution in [0.4, 0.5) is 0 Å². The zero-order valence-corrected chi connectivity index (χ0v) is 5.61. The van der Waals surface area contributed by atoms with Gasteiger partial charge in [0.1, 0.15) is 0 Å². The van der Waals surface area contributed by atoms with Crippen LogP contribution in [0.15, 0.2) is 0 Å². The lowest BCUT2D eigenvalue weighted by atomic mass is 10.4. The Morgan fingerprint density at radius 3 is 2.67 bits per heavy atom. The summed E-state index contributed by atoms with van der Waals surface area (Å²) in [5.74, 6) is 4.99. The number of carbonyl (C=O) groups is 1. The minimum Gasteiger partial charge on any atom is -0.356 e. The fourth-order valence-corrected chi connectivity index (χ4v) is 0.455. The molecule has 54 valence electrons. The van der Waals surface area contributed by atoms with E-state index >= 15 is 0 Å². The van der Waals surface area contributed by atoms with Gasteiger partial charge in [0.15, 0.2) is 0 Å². The number of nitrogens with two attached hydrogens (primary N) is 1. The van der Waals surface area contributed by atoms with Crippen molar-refractivity contribution in [3.63, 3.8) is 0 Å². The zero-order valence-electron chi connectivity index (χ0n) is 5.61. The second-order valence-electron chi connectivity index (χ2n) is 1.79. The van der Waals surface area contributed by atoms with E-state index in [0.717, 1.165) is 13.0 Å². The molecule has 0 fully saturated rings.